The topological polar surface area (TPSA) is 85.3 Å². The Morgan fingerprint density at radius 1 is 1.11 bits per heavy atom. The number of nitrogens with two attached hydrogens (primary N) is 2. The van der Waals surface area contributed by atoms with Crippen LogP contribution >= 0.6 is 0 Å². The van der Waals surface area contributed by atoms with Crippen LogP contribution in [0.2, 0.25) is 32.2 Å². The van der Waals surface area contributed by atoms with Crippen molar-refractivity contribution in [1.82, 2.24) is 10.6 Å². The minimum absolute atomic E-state index is 0.317. The van der Waals surface area contributed by atoms with E-state index < -0.39 is 17.4 Å². The van der Waals surface area contributed by atoms with Gasteiger partial charge in [0.2, 0.25) is 0 Å². The molecule has 6 N–H and O–H groups in total. The van der Waals surface area contributed by atoms with Crippen molar-refractivity contribution in [3.63, 3.8) is 0 Å². The van der Waals surface area contributed by atoms with E-state index in [9.17, 15) is 0 Å². The summed E-state index contributed by atoms with van der Waals surface area (Å²) in [5, 5.41) is 6.82. The lowest BCUT2D eigenvalue weighted by Gasteiger charge is -2.25. The molecule has 0 saturated heterocycles. The minimum Gasteiger partial charge on any atom is -0.458 e. The van der Waals surface area contributed by atoms with Crippen molar-refractivity contribution >= 4 is 17.4 Å². The fourth-order valence-corrected chi connectivity index (χ4v) is 7.96. The van der Waals surface area contributed by atoms with Crippen molar-refractivity contribution in [1.29, 1.82) is 0 Å². The highest BCUT2D eigenvalue weighted by Crippen LogP contribution is 2.10. The van der Waals surface area contributed by atoms with Gasteiger partial charge in [0.05, 0.1) is 6.17 Å². The molecule has 0 fully saturated rings. The fraction of sp³-hybridized carbons (Fsp3) is 1.00. The molecular weight excluding hydrogens is 260 g/mol. The SMILES string of the molecule is C[SiH](CCC(NCCN)NCCN)O[Si](C)(C)C. The highest BCUT2D eigenvalue weighted by molar-refractivity contribution is 6.77. The minimum atomic E-state index is -1.36. The average molecular weight is 293 g/mol. The van der Waals surface area contributed by atoms with Crippen molar-refractivity contribution in [3.05, 3.63) is 0 Å². The zero-order chi connectivity index (χ0) is 14.0. The first-order valence-corrected chi connectivity index (χ1v) is 12.8. The second-order valence-corrected chi connectivity index (χ2v) is 13.0. The van der Waals surface area contributed by atoms with Gasteiger partial charge in [-0.15, -0.1) is 0 Å². The van der Waals surface area contributed by atoms with E-state index in [1.54, 1.807) is 0 Å². The highest BCUT2D eigenvalue weighted by Gasteiger charge is 2.19. The molecule has 0 aromatic rings. The summed E-state index contributed by atoms with van der Waals surface area (Å²) in [4.78, 5) is 0. The van der Waals surface area contributed by atoms with E-state index in [4.69, 9.17) is 15.6 Å². The maximum atomic E-state index is 6.17. The molecular formula is C11H32N4OSi2. The third kappa shape index (κ3) is 11.3. The lowest BCUT2D eigenvalue weighted by atomic mass is 10.3. The summed E-state index contributed by atoms with van der Waals surface area (Å²) >= 11 is 0. The molecule has 0 rings (SSSR count). The zero-order valence-electron chi connectivity index (χ0n) is 12.5. The maximum Gasteiger partial charge on any atom is 0.170 e. The molecule has 0 aromatic carbocycles. The van der Waals surface area contributed by atoms with Crippen LogP contribution < -0.4 is 22.1 Å². The molecule has 7 heteroatoms. The van der Waals surface area contributed by atoms with E-state index >= 15 is 0 Å². The van der Waals surface area contributed by atoms with Gasteiger partial charge >= 0.3 is 0 Å². The van der Waals surface area contributed by atoms with Crippen LogP contribution in [0.4, 0.5) is 0 Å². The van der Waals surface area contributed by atoms with E-state index in [1.807, 2.05) is 0 Å². The third-order valence-electron chi connectivity index (χ3n) is 2.49. The molecule has 0 amide bonds. The molecule has 0 aliphatic heterocycles. The second-order valence-electron chi connectivity index (χ2n) is 5.66. The Bertz CT molecular complexity index is 194. The first-order chi connectivity index (χ1) is 8.39. The molecule has 110 valence electrons. The van der Waals surface area contributed by atoms with Crippen LogP contribution in [0.3, 0.4) is 0 Å². The van der Waals surface area contributed by atoms with Gasteiger partial charge in [-0.3, -0.25) is 0 Å². The van der Waals surface area contributed by atoms with E-state index in [2.05, 4.69) is 36.8 Å². The highest BCUT2D eigenvalue weighted by atomic mass is 28.4. The molecule has 0 aliphatic carbocycles. The average Bonchev–Trinajstić information content (AvgIpc) is 2.25. The lowest BCUT2D eigenvalue weighted by Crippen LogP contribution is -2.46. The van der Waals surface area contributed by atoms with Crippen LogP contribution in [0.25, 0.3) is 0 Å². The zero-order valence-corrected chi connectivity index (χ0v) is 14.6. The molecule has 0 bridgehead atoms. The van der Waals surface area contributed by atoms with E-state index in [-0.39, 0.29) is 0 Å². The number of nitrogens with one attached hydrogen (secondary N) is 2. The van der Waals surface area contributed by atoms with Crippen LogP contribution in [-0.2, 0) is 4.12 Å². The Kier molecular flexibility index (Phi) is 10.2. The van der Waals surface area contributed by atoms with Gasteiger partial charge in [-0.1, -0.05) is 0 Å². The number of hydrogen-bond acceptors (Lipinski definition) is 5. The molecule has 0 radical (unpaired) electrons. The molecule has 5 nitrogen and oxygen atoms in total. The monoisotopic (exact) mass is 292 g/mol. The predicted molar refractivity (Wildman–Crippen MR) is 84.8 cm³/mol. The summed E-state index contributed by atoms with van der Waals surface area (Å²) in [6.07, 6.45) is 1.41. The van der Waals surface area contributed by atoms with Gasteiger partial charge < -0.3 is 26.2 Å². The van der Waals surface area contributed by atoms with Crippen LogP contribution in [0, 0.1) is 0 Å². The molecule has 0 saturated carbocycles. The van der Waals surface area contributed by atoms with Gasteiger partial charge in [0.1, 0.15) is 0 Å². The van der Waals surface area contributed by atoms with E-state index in [0.29, 0.717) is 19.3 Å². The van der Waals surface area contributed by atoms with Crippen molar-refractivity contribution in [3.8, 4) is 0 Å². The standard InChI is InChI=1S/C11H32N4OSi2/c1-17(16-18(2,3)4)10-5-11(14-8-6-12)15-9-7-13/h11,14-15,17H,5-10,12-13H2,1-4H3. The second kappa shape index (κ2) is 10.1. The summed E-state index contributed by atoms with van der Waals surface area (Å²) in [6, 6.07) is 1.18. The Hall–Kier alpha value is 0.234. The van der Waals surface area contributed by atoms with E-state index in [1.165, 1.54) is 6.04 Å². The van der Waals surface area contributed by atoms with Crippen LogP contribution in [0.15, 0.2) is 0 Å². The third-order valence-corrected chi connectivity index (χ3v) is 8.07. The molecule has 0 aliphatic rings. The summed E-state index contributed by atoms with van der Waals surface area (Å²) in [7, 11) is -2.39. The van der Waals surface area contributed by atoms with Crippen LogP contribution in [-0.4, -0.2) is 49.7 Å². The Morgan fingerprint density at radius 3 is 2.00 bits per heavy atom. The van der Waals surface area contributed by atoms with Crippen molar-refractivity contribution < 1.29 is 4.12 Å². The Labute approximate surface area is 115 Å². The molecule has 1 unspecified atom stereocenters. The van der Waals surface area contributed by atoms with Gasteiger partial charge in [0.15, 0.2) is 17.4 Å². The summed E-state index contributed by atoms with van der Waals surface area (Å²) < 4.78 is 6.17. The first-order valence-electron chi connectivity index (χ1n) is 6.93. The Balaban J connectivity index is 3.92. The van der Waals surface area contributed by atoms with E-state index in [0.717, 1.165) is 19.5 Å². The lowest BCUT2D eigenvalue weighted by molar-refractivity contribution is 0.417. The van der Waals surface area contributed by atoms with Gasteiger partial charge in [0.25, 0.3) is 0 Å². The normalized spacial score (nSPS) is 14.2. The Morgan fingerprint density at radius 2 is 1.61 bits per heavy atom. The number of hydrogen-bond donors (Lipinski definition) is 4. The molecule has 0 spiro atoms. The summed E-state index contributed by atoms with van der Waals surface area (Å²) in [5.74, 6) is 0. The van der Waals surface area contributed by atoms with Gasteiger partial charge in [-0.25, -0.2) is 0 Å². The molecule has 0 heterocycles. The summed E-state index contributed by atoms with van der Waals surface area (Å²) in [6.45, 7) is 12.1. The smallest absolute Gasteiger partial charge is 0.170 e. The van der Waals surface area contributed by atoms with Crippen molar-refractivity contribution in [2.24, 2.45) is 11.5 Å². The summed E-state index contributed by atoms with van der Waals surface area (Å²) in [5.41, 5.74) is 11.0. The fourth-order valence-electron chi connectivity index (χ4n) is 1.86. The molecule has 18 heavy (non-hydrogen) atoms. The quantitative estimate of drug-likeness (QED) is 0.318. The van der Waals surface area contributed by atoms with Crippen LogP contribution in [0.1, 0.15) is 6.42 Å². The van der Waals surface area contributed by atoms with Crippen molar-refractivity contribution in [2.45, 2.75) is 44.8 Å². The molecule has 0 aromatic heterocycles. The first kappa shape index (κ1) is 18.2. The van der Waals surface area contributed by atoms with Gasteiger partial charge in [-0.05, 0) is 38.7 Å². The number of rotatable bonds is 11. The van der Waals surface area contributed by atoms with Gasteiger partial charge in [-0.2, -0.15) is 0 Å². The predicted octanol–water partition coefficient (Wildman–Crippen LogP) is 0.00430. The van der Waals surface area contributed by atoms with Crippen molar-refractivity contribution in [2.75, 3.05) is 26.2 Å². The molecule has 1 atom stereocenters. The maximum absolute atomic E-state index is 6.17. The largest absolute Gasteiger partial charge is 0.458 e. The van der Waals surface area contributed by atoms with Gasteiger partial charge in [0, 0.05) is 26.2 Å². The van der Waals surface area contributed by atoms with Crippen LogP contribution in [0.5, 0.6) is 0 Å².